The summed E-state index contributed by atoms with van der Waals surface area (Å²) in [4.78, 5) is 19.3. The van der Waals surface area contributed by atoms with Crippen LogP contribution in [0.3, 0.4) is 0 Å². The van der Waals surface area contributed by atoms with Crippen LogP contribution in [0.25, 0.3) is 0 Å². The lowest BCUT2D eigenvalue weighted by molar-refractivity contribution is 0.114. The summed E-state index contributed by atoms with van der Waals surface area (Å²) in [6.45, 7) is 6.90. The number of amides is 2. The maximum Gasteiger partial charge on any atom is 0.344 e. The van der Waals surface area contributed by atoms with E-state index in [1.165, 1.54) is 5.57 Å². The Balaban J connectivity index is 1.87. The van der Waals surface area contributed by atoms with E-state index in [2.05, 4.69) is 37.9 Å². The van der Waals surface area contributed by atoms with Crippen LogP contribution in [0.1, 0.15) is 32.8 Å². The molecular formula is C20H22N2O2. The lowest BCUT2D eigenvalue weighted by Crippen LogP contribution is -2.58. The second kappa shape index (κ2) is 5.33. The van der Waals surface area contributed by atoms with Crippen LogP contribution in [-0.4, -0.2) is 34.8 Å². The molecule has 1 aromatic rings. The van der Waals surface area contributed by atoms with Gasteiger partial charge in [0.15, 0.2) is 0 Å². The second-order valence-electron chi connectivity index (χ2n) is 7.50. The zero-order valence-electron chi connectivity index (χ0n) is 14.3. The first-order valence-corrected chi connectivity index (χ1v) is 8.48. The molecule has 2 amide bonds. The van der Waals surface area contributed by atoms with Crippen molar-refractivity contribution >= 4 is 11.7 Å². The number of carbonyl (C=O) groups excluding carboxylic acids is 1. The summed E-state index contributed by atoms with van der Waals surface area (Å²) in [5, 5.41) is 0. The molecule has 4 heteroatoms. The normalized spacial score (nSPS) is 26.0. The Labute approximate surface area is 142 Å². The topological polar surface area (TPSA) is 41.9 Å². The number of carbonyl (C=O) groups is 1. The Morgan fingerprint density at radius 3 is 2.67 bits per heavy atom. The summed E-state index contributed by atoms with van der Waals surface area (Å²) in [7, 11) is 0. The average molecular weight is 322 g/mol. The number of nitrogens with zero attached hydrogens (tertiary/aromatic N) is 2. The number of benzene rings is 1. The van der Waals surface area contributed by atoms with Crippen LogP contribution in [0.15, 0.2) is 58.8 Å². The smallest absolute Gasteiger partial charge is 0.344 e. The number of fused-ring (bicyclic) bond motifs is 2. The summed E-state index contributed by atoms with van der Waals surface area (Å²) in [5.74, 6) is 1.01. The molecule has 124 valence electrons. The van der Waals surface area contributed by atoms with Gasteiger partial charge in [0.25, 0.3) is 0 Å². The molecule has 2 aliphatic heterocycles. The molecule has 0 fully saturated rings. The van der Waals surface area contributed by atoms with Gasteiger partial charge in [-0.15, -0.1) is 0 Å². The van der Waals surface area contributed by atoms with Crippen LogP contribution in [0.4, 0.5) is 4.79 Å². The highest BCUT2D eigenvalue weighted by molar-refractivity contribution is 6.11. The molecule has 0 N–H and O–H groups in total. The number of hydrogen-bond acceptors (Lipinski definition) is 2. The van der Waals surface area contributed by atoms with E-state index in [1.807, 2.05) is 35.2 Å². The molecule has 0 saturated carbocycles. The monoisotopic (exact) mass is 322 g/mol. The number of allylic oxidation sites excluding steroid dienone is 1. The minimum Gasteiger partial charge on any atom is -0.493 e. The number of hydrogen-bond donors (Lipinski definition) is 0. The Morgan fingerprint density at radius 1 is 1.21 bits per heavy atom. The Hall–Kier alpha value is -2.36. The first kappa shape index (κ1) is 15.2. The summed E-state index contributed by atoms with van der Waals surface area (Å²) >= 11 is 0. The maximum absolute atomic E-state index is 12.9. The Bertz CT molecular complexity index is 769. The van der Waals surface area contributed by atoms with E-state index in [4.69, 9.17) is 4.74 Å². The molecule has 0 bridgehead atoms. The SMILES string of the molecule is CC(C)(C)N1C(=O)N=C(c2ccccc2)C2C=CC3=C(CCO3)C21. The molecule has 2 unspecified atom stereocenters. The van der Waals surface area contributed by atoms with Crippen molar-refractivity contribution in [3.8, 4) is 0 Å². The van der Waals surface area contributed by atoms with Crippen LogP contribution in [-0.2, 0) is 4.74 Å². The van der Waals surface area contributed by atoms with Crippen molar-refractivity contribution in [2.75, 3.05) is 6.61 Å². The molecule has 0 saturated heterocycles. The molecule has 2 atom stereocenters. The molecule has 4 rings (SSSR count). The van der Waals surface area contributed by atoms with Gasteiger partial charge in [0.2, 0.25) is 0 Å². The first-order valence-electron chi connectivity index (χ1n) is 8.48. The minimum atomic E-state index is -0.294. The molecule has 1 aromatic carbocycles. The molecule has 4 nitrogen and oxygen atoms in total. The number of rotatable bonds is 1. The summed E-state index contributed by atoms with van der Waals surface area (Å²) < 4.78 is 5.76. The van der Waals surface area contributed by atoms with Crippen LogP contribution in [0, 0.1) is 5.92 Å². The molecule has 3 aliphatic rings. The van der Waals surface area contributed by atoms with Crippen LogP contribution < -0.4 is 0 Å². The van der Waals surface area contributed by atoms with Crippen LogP contribution in [0.2, 0.25) is 0 Å². The van der Waals surface area contributed by atoms with Crippen molar-refractivity contribution in [3.05, 3.63) is 59.4 Å². The zero-order chi connectivity index (χ0) is 16.9. The predicted molar refractivity (Wildman–Crippen MR) is 94.0 cm³/mol. The van der Waals surface area contributed by atoms with Crippen molar-refractivity contribution in [2.24, 2.45) is 10.9 Å². The van der Waals surface area contributed by atoms with E-state index in [9.17, 15) is 4.79 Å². The van der Waals surface area contributed by atoms with E-state index in [0.717, 1.165) is 23.5 Å². The average Bonchev–Trinajstić information content (AvgIpc) is 3.02. The van der Waals surface area contributed by atoms with Crippen molar-refractivity contribution in [1.29, 1.82) is 0 Å². The standard InChI is InChI=1S/C20H22N2O2/c1-20(2,3)22-18-14-11-12-24-16(14)10-9-15(18)17(21-19(22)23)13-7-5-4-6-8-13/h4-10,15,18H,11-12H2,1-3H3. The molecule has 24 heavy (non-hydrogen) atoms. The van der Waals surface area contributed by atoms with E-state index in [1.54, 1.807) is 0 Å². The fourth-order valence-corrected chi connectivity index (χ4v) is 3.93. The largest absolute Gasteiger partial charge is 0.493 e. The van der Waals surface area contributed by atoms with Gasteiger partial charge in [-0.25, -0.2) is 4.79 Å². The van der Waals surface area contributed by atoms with Gasteiger partial charge in [-0.05, 0) is 38.0 Å². The summed E-state index contributed by atoms with van der Waals surface area (Å²) in [6, 6.07) is 9.85. The third-order valence-electron chi connectivity index (χ3n) is 4.91. The van der Waals surface area contributed by atoms with Gasteiger partial charge in [-0.1, -0.05) is 36.4 Å². The van der Waals surface area contributed by atoms with Gasteiger partial charge < -0.3 is 9.64 Å². The van der Waals surface area contributed by atoms with Crippen molar-refractivity contribution in [2.45, 2.75) is 38.8 Å². The third-order valence-corrected chi connectivity index (χ3v) is 4.91. The van der Waals surface area contributed by atoms with Gasteiger partial charge in [0, 0.05) is 17.9 Å². The number of aliphatic imine (C=N–C) groups is 1. The zero-order valence-corrected chi connectivity index (χ0v) is 14.3. The predicted octanol–water partition coefficient (Wildman–Crippen LogP) is 3.94. The number of urea groups is 1. The summed E-state index contributed by atoms with van der Waals surface area (Å²) in [6.07, 6.45) is 5.08. The van der Waals surface area contributed by atoms with Crippen molar-refractivity contribution < 1.29 is 9.53 Å². The molecular weight excluding hydrogens is 300 g/mol. The molecule has 0 aromatic heterocycles. The van der Waals surface area contributed by atoms with E-state index in [-0.39, 0.29) is 23.5 Å². The Morgan fingerprint density at radius 2 is 1.96 bits per heavy atom. The summed E-state index contributed by atoms with van der Waals surface area (Å²) in [5.41, 5.74) is 2.81. The molecule has 0 spiro atoms. The van der Waals surface area contributed by atoms with Crippen molar-refractivity contribution in [1.82, 2.24) is 4.90 Å². The van der Waals surface area contributed by atoms with E-state index >= 15 is 0 Å². The fraction of sp³-hybridized carbons (Fsp3) is 0.400. The molecule has 2 heterocycles. The van der Waals surface area contributed by atoms with Gasteiger partial charge in [0.05, 0.1) is 18.4 Å². The van der Waals surface area contributed by atoms with Gasteiger partial charge >= 0.3 is 6.03 Å². The maximum atomic E-state index is 12.9. The van der Waals surface area contributed by atoms with E-state index in [0.29, 0.717) is 6.61 Å². The highest BCUT2D eigenvalue weighted by atomic mass is 16.5. The van der Waals surface area contributed by atoms with Gasteiger partial charge in [-0.2, -0.15) is 4.99 Å². The molecule has 0 radical (unpaired) electrons. The number of ether oxygens (including phenoxy) is 1. The first-order chi connectivity index (χ1) is 11.5. The van der Waals surface area contributed by atoms with E-state index < -0.39 is 0 Å². The third kappa shape index (κ3) is 2.29. The quantitative estimate of drug-likeness (QED) is 0.786. The van der Waals surface area contributed by atoms with Gasteiger partial charge in [-0.3, -0.25) is 0 Å². The van der Waals surface area contributed by atoms with Crippen molar-refractivity contribution in [3.63, 3.8) is 0 Å². The lowest BCUT2D eigenvalue weighted by atomic mass is 9.78. The minimum absolute atomic E-state index is 0.00675. The van der Waals surface area contributed by atoms with Gasteiger partial charge in [0.1, 0.15) is 5.76 Å². The molecule has 1 aliphatic carbocycles. The second-order valence-corrected chi connectivity index (χ2v) is 7.50. The van der Waals surface area contributed by atoms with Crippen LogP contribution >= 0.6 is 0 Å². The van der Waals surface area contributed by atoms with Crippen LogP contribution in [0.5, 0.6) is 0 Å². The fourth-order valence-electron chi connectivity index (χ4n) is 3.93. The highest BCUT2D eigenvalue weighted by Crippen LogP contribution is 2.41. The lowest BCUT2D eigenvalue weighted by Gasteiger charge is -2.47. The Kier molecular flexibility index (Phi) is 3.37. The highest BCUT2D eigenvalue weighted by Gasteiger charge is 2.47.